The second-order valence-corrected chi connectivity index (χ2v) is 5.77. The van der Waals surface area contributed by atoms with E-state index in [1.165, 1.54) is 17.1 Å². The SMILES string of the molecule is CC(NC(=O)c1cc(C(F)(F)F)n(C)n1)c1nc(Cl)nn1-c1ncccn1. The number of nitrogens with zero attached hydrogens (tertiary/aromatic N) is 7. The molecule has 1 unspecified atom stereocenters. The van der Waals surface area contributed by atoms with Gasteiger partial charge in [0.25, 0.3) is 11.9 Å². The van der Waals surface area contributed by atoms with Crippen LogP contribution in [0.15, 0.2) is 24.5 Å². The maximum absolute atomic E-state index is 12.9. The van der Waals surface area contributed by atoms with E-state index in [1.54, 1.807) is 13.0 Å². The third-order valence-electron chi connectivity index (χ3n) is 3.49. The predicted octanol–water partition coefficient (Wildman–Crippen LogP) is 1.95. The van der Waals surface area contributed by atoms with E-state index in [0.717, 1.165) is 7.05 Å². The molecule has 0 fully saturated rings. The minimum absolute atomic E-state index is 0.101. The van der Waals surface area contributed by atoms with E-state index in [-0.39, 0.29) is 22.8 Å². The fourth-order valence-corrected chi connectivity index (χ4v) is 2.47. The summed E-state index contributed by atoms with van der Waals surface area (Å²) in [6.07, 6.45) is -1.65. The molecule has 3 aromatic heterocycles. The molecule has 0 aromatic carbocycles. The van der Waals surface area contributed by atoms with Gasteiger partial charge in [0, 0.05) is 25.5 Å². The molecule has 0 aliphatic heterocycles. The molecule has 9 nitrogen and oxygen atoms in total. The fraction of sp³-hybridized carbons (Fsp3) is 0.286. The lowest BCUT2D eigenvalue weighted by Crippen LogP contribution is -2.29. The molecule has 1 N–H and O–H groups in total. The minimum Gasteiger partial charge on any atom is -0.341 e. The van der Waals surface area contributed by atoms with Crippen LogP contribution in [0.25, 0.3) is 5.95 Å². The highest BCUT2D eigenvalue weighted by Crippen LogP contribution is 2.29. The molecule has 3 rings (SSSR count). The summed E-state index contributed by atoms with van der Waals surface area (Å²) in [5, 5.41) is 9.97. The molecule has 0 aliphatic carbocycles. The van der Waals surface area contributed by atoms with Gasteiger partial charge < -0.3 is 5.32 Å². The first-order valence-electron chi connectivity index (χ1n) is 7.48. The van der Waals surface area contributed by atoms with Crippen molar-refractivity contribution in [3.05, 3.63) is 47.0 Å². The first kappa shape index (κ1) is 18.8. The zero-order chi connectivity index (χ0) is 19.8. The highest BCUT2D eigenvalue weighted by atomic mass is 35.5. The number of amides is 1. The van der Waals surface area contributed by atoms with Gasteiger partial charge in [0.15, 0.2) is 11.5 Å². The number of halogens is 4. The van der Waals surface area contributed by atoms with Crippen molar-refractivity contribution < 1.29 is 18.0 Å². The van der Waals surface area contributed by atoms with Gasteiger partial charge in [-0.25, -0.2) is 9.97 Å². The van der Waals surface area contributed by atoms with Gasteiger partial charge in [-0.05, 0) is 24.6 Å². The highest BCUT2D eigenvalue weighted by molar-refractivity contribution is 6.28. The van der Waals surface area contributed by atoms with E-state index < -0.39 is 23.8 Å². The number of alkyl halides is 3. The zero-order valence-corrected chi connectivity index (χ0v) is 14.7. The van der Waals surface area contributed by atoms with Crippen LogP contribution in [0, 0.1) is 0 Å². The Morgan fingerprint density at radius 1 is 1.26 bits per heavy atom. The van der Waals surface area contributed by atoms with Gasteiger partial charge in [0.05, 0.1) is 6.04 Å². The molecule has 0 aliphatic rings. The van der Waals surface area contributed by atoms with Crippen LogP contribution in [0.4, 0.5) is 13.2 Å². The Labute approximate surface area is 155 Å². The Bertz CT molecular complexity index is 969. The molecular weight excluding hydrogens is 389 g/mol. The lowest BCUT2D eigenvalue weighted by atomic mass is 10.2. The van der Waals surface area contributed by atoms with Crippen molar-refractivity contribution in [2.45, 2.75) is 19.1 Å². The minimum atomic E-state index is -4.62. The van der Waals surface area contributed by atoms with Crippen LogP contribution in [0.3, 0.4) is 0 Å². The van der Waals surface area contributed by atoms with Gasteiger partial charge in [-0.1, -0.05) is 0 Å². The number of hydrogen-bond donors (Lipinski definition) is 1. The molecule has 27 heavy (non-hydrogen) atoms. The number of nitrogens with one attached hydrogen (secondary N) is 1. The van der Waals surface area contributed by atoms with Crippen LogP contribution < -0.4 is 5.32 Å². The smallest absolute Gasteiger partial charge is 0.341 e. The number of hydrogen-bond acceptors (Lipinski definition) is 6. The van der Waals surface area contributed by atoms with E-state index in [0.29, 0.717) is 10.7 Å². The van der Waals surface area contributed by atoms with Crippen LogP contribution in [-0.2, 0) is 13.2 Å². The molecule has 13 heteroatoms. The second kappa shape index (κ2) is 6.95. The molecule has 1 amide bonds. The van der Waals surface area contributed by atoms with Gasteiger partial charge in [0.1, 0.15) is 5.69 Å². The molecule has 0 spiro atoms. The third kappa shape index (κ3) is 3.89. The summed E-state index contributed by atoms with van der Waals surface area (Å²) in [6, 6.07) is 1.50. The Kier molecular flexibility index (Phi) is 4.83. The van der Waals surface area contributed by atoms with Crippen molar-refractivity contribution in [2.24, 2.45) is 7.05 Å². The molecule has 0 saturated heterocycles. The summed E-state index contributed by atoms with van der Waals surface area (Å²) < 4.78 is 40.4. The van der Waals surface area contributed by atoms with Crippen LogP contribution in [-0.4, -0.2) is 40.4 Å². The van der Waals surface area contributed by atoms with Crippen LogP contribution >= 0.6 is 11.6 Å². The van der Waals surface area contributed by atoms with Gasteiger partial charge in [-0.15, -0.1) is 5.10 Å². The quantitative estimate of drug-likeness (QED) is 0.718. The molecule has 0 radical (unpaired) electrons. The standard InChI is InChI=1S/C14H12ClF3N8O/c1-7(10-22-12(15)24-26(10)13-19-4-3-5-20-13)21-11(27)8-6-9(14(16,17)18)25(2)23-8/h3-7H,1-2H3,(H,21,27). The van der Waals surface area contributed by atoms with Crippen molar-refractivity contribution >= 4 is 17.5 Å². The van der Waals surface area contributed by atoms with Crippen LogP contribution in [0.1, 0.15) is 35.0 Å². The monoisotopic (exact) mass is 400 g/mol. The van der Waals surface area contributed by atoms with E-state index >= 15 is 0 Å². The summed E-state index contributed by atoms with van der Waals surface area (Å²) >= 11 is 5.84. The molecule has 1 atom stereocenters. The summed E-state index contributed by atoms with van der Waals surface area (Å²) in [7, 11) is 1.10. The van der Waals surface area contributed by atoms with E-state index in [9.17, 15) is 18.0 Å². The number of rotatable bonds is 4. The second-order valence-electron chi connectivity index (χ2n) is 5.43. The Hall–Kier alpha value is -3.02. The van der Waals surface area contributed by atoms with E-state index in [4.69, 9.17) is 11.6 Å². The molecule has 3 aromatic rings. The summed E-state index contributed by atoms with van der Waals surface area (Å²) in [6.45, 7) is 1.56. The van der Waals surface area contributed by atoms with Crippen molar-refractivity contribution in [1.82, 2.24) is 39.8 Å². The normalized spacial score (nSPS) is 12.8. The Morgan fingerprint density at radius 2 is 1.93 bits per heavy atom. The number of aryl methyl sites for hydroxylation is 1. The predicted molar refractivity (Wildman–Crippen MR) is 86.1 cm³/mol. The number of carbonyl (C=O) groups is 1. The van der Waals surface area contributed by atoms with E-state index in [2.05, 4.69) is 30.5 Å². The zero-order valence-electron chi connectivity index (χ0n) is 13.9. The van der Waals surface area contributed by atoms with Crippen molar-refractivity contribution in [3.8, 4) is 5.95 Å². The Balaban J connectivity index is 1.84. The maximum atomic E-state index is 12.9. The number of carbonyl (C=O) groups excluding carboxylic acids is 1. The summed E-state index contributed by atoms with van der Waals surface area (Å²) in [5.74, 6) is -0.440. The van der Waals surface area contributed by atoms with Crippen molar-refractivity contribution in [1.29, 1.82) is 0 Å². The lowest BCUT2D eigenvalue weighted by molar-refractivity contribution is -0.143. The molecular formula is C14H12ClF3N8O. The first-order valence-corrected chi connectivity index (χ1v) is 7.86. The molecule has 142 valence electrons. The summed E-state index contributed by atoms with van der Waals surface area (Å²) in [5.41, 5.74) is -1.42. The molecule has 0 bridgehead atoms. The first-order chi connectivity index (χ1) is 12.7. The average molecular weight is 401 g/mol. The molecule has 0 saturated carbocycles. The summed E-state index contributed by atoms with van der Waals surface area (Å²) in [4.78, 5) is 24.4. The van der Waals surface area contributed by atoms with Gasteiger partial charge in [-0.2, -0.15) is 27.9 Å². The van der Waals surface area contributed by atoms with E-state index in [1.807, 2.05) is 0 Å². The largest absolute Gasteiger partial charge is 0.433 e. The van der Waals surface area contributed by atoms with Crippen LogP contribution in [0.5, 0.6) is 0 Å². The number of aromatic nitrogens is 7. The lowest BCUT2D eigenvalue weighted by Gasteiger charge is -2.12. The van der Waals surface area contributed by atoms with Gasteiger partial charge >= 0.3 is 6.18 Å². The van der Waals surface area contributed by atoms with Gasteiger partial charge in [-0.3, -0.25) is 9.48 Å². The van der Waals surface area contributed by atoms with Gasteiger partial charge in [0.2, 0.25) is 5.28 Å². The molecule has 3 heterocycles. The van der Waals surface area contributed by atoms with Crippen molar-refractivity contribution in [2.75, 3.05) is 0 Å². The average Bonchev–Trinajstić information content (AvgIpc) is 3.18. The van der Waals surface area contributed by atoms with Crippen molar-refractivity contribution in [3.63, 3.8) is 0 Å². The highest BCUT2D eigenvalue weighted by Gasteiger charge is 2.36. The fourth-order valence-electron chi connectivity index (χ4n) is 2.30. The third-order valence-corrected chi connectivity index (χ3v) is 3.65. The Morgan fingerprint density at radius 3 is 2.52 bits per heavy atom. The van der Waals surface area contributed by atoms with Crippen LogP contribution in [0.2, 0.25) is 5.28 Å². The topological polar surface area (TPSA) is 103 Å². The maximum Gasteiger partial charge on any atom is 0.433 e.